The first-order chi connectivity index (χ1) is 7.48. The minimum absolute atomic E-state index is 0.0456. The molecule has 1 aliphatic rings. The molecular weight excluding hydrogens is 217 g/mol. The minimum atomic E-state index is -4.40. The van der Waals surface area contributed by atoms with Crippen LogP contribution in [0.4, 0.5) is 13.2 Å². The zero-order valence-corrected chi connectivity index (χ0v) is 8.12. The zero-order chi connectivity index (χ0) is 11.8. The summed E-state index contributed by atoms with van der Waals surface area (Å²) >= 11 is 0. The Morgan fingerprint density at radius 2 is 1.94 bits per heavy atom. The van der Waals surface area contributed by atoms with Crippen molar-refractivity contribution in [3.63, 3.8) is 0 Å². The van der Waals surface area contributed by atoms with Crippen LogP contribution in [0.3, 0.4) is 0 Å². The van der Waals surface area contributed by atoms with Crippen LogP contribution in [0.15, 0.2) is 28.2 Å². The Morgan fingerprint density at radius 3 is 2.50 bits per heavy atom. The topological polar surface area (TPSA) is 24.7 Å². The summed E-state index contributed by atoms with van der Waals surface area (Å²) in [5.41, 5.74) is -0.321. The maximum atomic E-state index is 12.6. The van der Waals surface area contributed by atoms with Crippen LogP contribution in [0.5, 0.6) is 0 Å². The number of nitrogens with zero attached hydrogens (tertiary/aromatic N) is 2. The summed E-state index contributed by atoms with van der Waals surface area (Å²) in [4.78, 5) is 7.55. The van der Waals surface area contributed by atoms with E-state index in [9.17, 15) is 13.2 Å². The highest BCUT2D eigenvalue weighted by Crippen LogP contribution is 2.25. The monoisotopic (exact) mass is 224 g/mol. The molecule has 0 spiro atoms. The molecule has 0 aromatic heterocycles. The van der Waals surface area contributed by atoms with Gasteiger partial charge in [-0.2, -0.15) is 13.2 Å². The summed E-state index contributed by atoms with van der Waals surface area (Å²) in [6.45, 7) is 3.35. The number of hydrogen-bond acceptors (Lipinski definition) is 2. The largest absolute Gasteiger partial charge is 0.416 e. The van der Waals surface area contributed by atoms with Gasteiger partial charge < -0.3 is 0 Å². The van der Waals surface area contributed by atoms with Crippen molar-refractivity contribution in [3.8, 4) is 0 Å². The van der Waals surface area contributed by atoms with Gasteiger partial charge >= 0.3 is 6.18 Å². The summed E-state index contributed by atoms with van der Waals surface area (Å²) in [7, 11) is 0. The van der Waals surface area contributed by atoms with E-state index in [1.54, 1.807) is 6.07 Å². The van der Waals surface area contributed by atoms with Gasteiger partial charge in [0.1, 0.15) is 6.34 Å². The molecule has 0 saturated carbocycles. The second kappa shape index (κ2) is 3.59. The van der Waals surface area contributed by atoms with Crippen molar-refractivity contribution in [3.05, 3.63) is 34.2 Å². The number of rotatable bonds is 0. The lowest BCUT2D eigenvalue weighted by molar-refractivity contribution is -0.138. The van der Waals surface area contributed by atoms with Crippen LogP contribution in [0.25, 0.3) is 12.3 Å². The highest BCUT2D eigenvalue weighted by atomic mass is 19.4. The predicted octanol–water partition coefficient (Wildman–Crippen LogP) is 1.34. The van der Waals surface area contributed by atoms with E-state index in [2.05, 4.69) is 16.6 Å². The lowest BCUT2D eigenvalue weighted by Crippen LogP contribution is -2.22. The van der Waals surface area contributed by atoms with Crippen LogP contribution in [-0.2, 0) is 6.18 Å². The smallest absolute Gasteiger partial charge is 0.243 e. The maximum Gasteiger partial charge on any atom is 0.416 e. The second-order valence-corrected chi connectivity index (χ2v) is 3.28. The Balaban J connectivity index is 2.71. The molecule has 2 nitrogen and oxygen atoms in total. The van der Waals surface area contributed by atoms with E-state index in [1.807, 2.05) is 0 Å². The Labute approximate surface area is 89.2 Å². The van der Waals surface area contributed by atoms with E-state index in [1.165, 1.54) is 18.6 Å². The molecule has 0 radical (unpaired) electrons. The summed E-state index contributed by atoms with van der Waals surface area (Å²) in [5.74, 6) is 0. The van der Waals surface area contributed by atoms with Crippen molar-refractivity contribution < 1.29 is 13.2 Å². The zero-order valence-electron chi connectivity index (χ0n) is 8.12. The Morgan fingerprint density at radius 1 is 1.19 bits per heavy atom. The predicted molar refractivity (Wildman–Crippen MR) is 56.6 cm³/mol. The molecule has 2 rings (SSSR count). The van der Waals surface area contributed by atoms with Gasteiger partial charge in [-0.05, 0) is 11.3 Å². The molecule has 0 amide bonds. The second-order valence-electron chi connectivity index (χ2n) is 3.28. The molecule has 16 heavy (non-hydrogen) atoms. The Bertz CT molecular complexity index is 568. The van der Waals surface area contributed by atoms with Gasteiger partial charge in [-0.15, -0.1) is 0 Å². The molecule has 0 saturated heterocycles. The van der Waals surface area contributed by atoms with Crippen molar-refractivity contribution in [2.24, 2.45) is 9.98 Å². The summed E-state index contributed by atoms with van der Waals surface area (Å²) in [6.07, 6.45) is -1.69. The van der Waals surface area contributed by atoms with Gasteiger partial charge in [0, 0.05) is 5.22 Å². The van der Waals surface area contributed by atoms with E-state index in [0.717, 1.165) is 6.07 Å². The summed E-state index contributed by atoms with van der Waals surface area (Å²) in [5, 5.41) is 0.341. The van der Waals surface area contributed by atoms with Crippen molar-refractivity contribution >= 4 is 24.8 Å². The fourth-order valence-corrected chi connectivity index (χ4v) is 1.38. The number of alkyl halides is 3. The third kappa shape index (κ3) is 1.88. The summed E-state index contributed by atoms with van der Waals surface area (Å²) in [6, 6.07) is 3.90. The molecule has 0 aliphatic carbocycles. The average molecular weight is 224 g/mol. The molecule has 5 heteroatoms. The molecular formula is C11H7F3N2. The molecule has 0 atom stereocenters. The Kier molecular flexibility index (Phi) is 2.38. The fraction of sp³-hybridized carbons (Fsp3) is 0.0909. The molecule has 0 bridgehead atoms. The van der Waals surface area contributed by atoms with Crippen LogP contribution in [0.1, 0.15) is 5.56 Å². The third-order valence-electron chi connectivity index (χ3n) is 2.17. The third-order valence-corrected chi connectivity index (χ3v) is 2.17. The first kappa shape index (κ1) is 10.6. The van der Waals surface area contributed by atoms with Gasteiger partial charge in [0.25, 0.3) is 0 Å². The number of benzene rings is 1. The first-order valence-corrected chi connectivity index (χ1v) is 4.45. The number of aliphatic imine (C=N–C) groups is 2. The lowest BCUT2D eigenvalue weighted by Gasteiger charge is -2.06. The van der Waals surface area contributed by atoms with Crippen molar-refractivity contribution in [2.75, 3.05) is 0 Å². The minimum Gasteiger partial charge on any atom is -0.243 e. The van der Waals surface area contributed by atoms with E-state index >= 15 is 0 Å². The molecule has 1 aromatic rings. The molecule has 0 unspecified atom stereocenters. The van der Waals surface area contributed by atoms with Gasteiger partial charge in [-0.25, -0.2) is 9.98 Å². The SMILES string of the molecule is C=c1ccc(=C2C=NC=N2)cc1C(F)(F)F. The van der Waals surface area contributed by atoms with Crippen LogP contribution >= 0.6 is 0 Å². The van der Waals surface area contributed by atoms with Crippen molar-refractivity contribution in [1.29, 1.82) is 0 Å². The van der Waals surface area contributed by atoms with Crippen LogP contribution in [-0.4, -0.2) is 12.6 Å². The van der Waals surface area contributed by atoms with E-state index in [0.29, 0.717) is 10.9 Å². The molecule has 1 heterocycles. The quantitative estimate of drug-likeness (QED) is 0.635. The van der Waals surface area contributed by atoms with Gasteiger partial charge in [0.05, 0.1) is 17.5 Å². The van der Waals surface area contributed by atoms with Crippen molar-refractivity contribution in [1.82, 2.24) is 0 Å². The average Bonchev–Trinajstić information content (AvgIpc) is 2.69. The first-order valence-electron chi connectivity index (χ1n) is 4.45. The van der Waals surface area contributed by atoms with Gasteiger partial charge in [0.15, 0.2) is 0 Å². The van der Waals surface area contributed by atoms with Crippen LogP contribution < -0.4 is 10.4 Å². The van der Waals surface area contributed by atoms with Gasteiger partial charge in [0.2, 0.25) is 0 Å². The normalized spacial score (nSPS) is 18.2. The van der Waals surface area contributed by atoms with Gasteiger partial charge in [-0.1, -0.05) is 18.7 Å². The van der Waals surface area contributed by atoms with Crippen LogP contribution in [0, 0.1) is 0 Å². The van der Waals surface area contributed by atoms with Crippen LogP contribution in [0.2, 0.25) is 0 Å². The van der Waals surface area contributed by atoms with E-state index in [4.69, 9.17) is 0 Å². The highest BCUT2D eigenvalue weighted by molar-refractivity contribution is 6.09. The Hall–Kier alpha value is -1.91. The summed E-state index contributed by atoms with van der Waals surface area (Å²) < 4.78 is 37.8. The maximum absolute atomic E-state index is 12.6. The fourth-order valence-electron chi connectivity index (χ4n) is 1.38. The van der Waals surface area contributed by atoms with Crippen molar-refractivity contribution in [2.45, 2.75) is 6.18 Å². The van der Waals surface area contributed by atoms with E-state index < -0.39 is 11.7 Å². The van der Waals surface area contributed by atoms with Gasteiger partial charge in [-0.3, -0.25) is 0 Å². The molecule has 82 valence electrons. The molecule has 1 aliphatic heterocycles. The lowest BCUT2D eigenvalue weighted by atomic mass is 10.1. The number of halogens is 3. The highest BCUT2D eigenvalue weighted by Gasteiger charge is 2.31. The standard InChI is InChI=1S/C11H7F3N2/c1-7-2-3-8(10-5-15-6-16-10)4-9(7)11(12,13)14/h2-6H,1H2. The molecule has 0 fully saturated rings. The van der Waals surface area contributed by atoms with E-state index in [-0.39, 0.29) is 5.22 Å². The number of hydrogen-bond donors (Lipinski definition) is 0. The molecule has 1 aromatic carbocycles. The molecule has 0 N–H and O–H groups in total.